The number of ether oxygens (including phenoxy) is 1. The van der Waals surface area contributed by atoms with E-state index in [1.807, 2.05) is 24.3 Å². The summed E-state index contributed by atoms with van der Waals surface area (Å²) < 4.78 is 4.94. The van der Waals surface area contributed by atoms with E-state index in [9.17, 15) is 0 Å². The third-order valence-electron chi connectivity index (χ3n) is 0.985. The maximum Gasteiger partial charge on any atom is 0.0939 e. The zero-order valence-electron chi connectivity index (χ0n) is 4.29. The molecule has 0 spiro atoms. The van der Waals surface area contributed by atoms with E-state index < -0.39 is 0 Å². The maximum absolute atomic E-state index is 4.94. The average molecular weight is 96.1 g/mol. The van der Waals surface area contributed by atoms with Gasteiger partial charge in [0.1, 0.15) is 0 Å². The van der Waals surface area contributed by atoms with Gasteiger partial charge in [-0.25, -0.2) is 0 Å². The lowest BCUT2D eigenvalue weighted by Gasteiger charge is -1.97. The van der Waals surface area contributed by atoms with Gasteiger partial charge >= 0.3 is 0 Å². The molecule has 7 heavy (non-hydrogen) atoms. The van der Waals surface area contributed by atoms with Crippen LogP contribution in [-0.4, -0.2) is 13.2 Å². The van der Waals surface area contributed by atoms with Gasteiger partial charge in [-0.3, -0.25) is 0 Å². The van der Waals surface area contributed by atoms with Gasteiger partial charge in [0.25, 0.3) is 0 Å². The molecule has 0 radical (unpaired) electrons. The van der Waals surface area contributed by atoms with E-state index >= 15 is 0 Å². The fraction of sp³-hybridized carbons (Fsp3) is 0.333. The van der Waals surface area contributed by atoms with Crippen LogP contribution in [-0.2, 0) is 4.74 Å². The summed E-state index contributed by atoms with van der Waals surface area (Å²) in [7, 11) is 1.70. The largest absolute Gasteiger partial charge is 0.373 e. The smallest absolute Gasteiger partial charge is 0.0939 e. The van der Waals surface area contributed by atoms with Crippen LogP contribution in [0.4, 0.5) is 0 Å². The van der Waals surface area contributed by atoms with Crippen LogP contribution in [0.5, 0.6) is 0 Å². The van der Waals surface area contributed by atoms with Crippen LogP contribution < -0.4 is 0 Å². The molecule has 0 atom stereocenters. The first-order valence-corrected chi connectivity index (χ1v) is 2.31. The second-order valence-corrected chi connectivity index (χ2v) is 1.47. The van der Waals surface area contributed by atoms with Gasteiger partial charge in [0.05, 0.1) is 6.10 Å². The number of hydrogen-bond acceptors (Lipinski definition) is 1. The van der Waals surface area contributed by atoms with Crippen LogP contribution in [0, 0.1) is 0 Å². The Kier molecular flexibility index (Phi) is 1.27. The highest BCUT2D eigenvalue weighted by atomic mass is 16.5. The SMILES string of the molecule is COC1C=CC=C1. The van der Waals surface area contributed by atoms with Crippen molar-refractivity contribution in [2.75, 3.05) is 7.11 Å². The highest BCUT2D eigenvalue weighted by molar-refractivity contribution is 5.18. The molecule has 0 heterocycles. The highest BCUT2D eigenvalue weighted by Gasteiger charge is 1.96. The molecular weight excluding hydrogens is 88.1 g/mol. The fourth-order valence-corrected chi connectivity index (χ4v) is 0.569. The normalized spacial score (nSPS) is 19.0. The Morgan fingerprint density at radius 3 is 2.14 bits per heavy atom. The van der Waals surface area contributed by atoms with Crippen molar-refractivity contribution in [3.8, 4) is 0 Å². The minimum Gasteiger partial charge on any atom is -0.373 e. The molecule has 0 saturated carbocycles. The van der Waals surface area contributed by atoms with Crippen LogP contribution >= 0.6 is 0 Å². The molecule has 1 rings (SSSR count). The Bertz CT molecular complexity index is 90.7. The molecule has 0 aromatic rings. The Morgan fingerprint density at radius 2 is 1.86 bits per heavy atom. The first-order valence-electron chi connectivity index (χ1n) is 2.31. The number of hydrogen-bond donors (Lipinski definition) is 0. The first kappa shape index (κ1) is 4.60. The Morgan fingerprint density at radius 1 is 1.29 bits per heavy atom. The van der Waals surface area contributed by atoms with Gasteiger partial charge in [0.2, 0.25) is 0 Å². The Balaban J connectivity index is 2.44. The molecule has 0 unspecified atom stereocenters. The number of allylic oxidation sites excluding steroid dienone is 2. The lowest BCUT2D eigenvalue weighted by atomic mass is 10.4. The van der Waals surface area contributed by atoms with Gasteiger partial charge in [-0.1, -0.05) is 24.3 Å². The van der Waals surface area contributed by atoms with Crippen molar-refractivity contribution in [1.29, 1.82) is 0 Å². The summed E-state index contributed by atoms with van der Waals surface area (Å²) in [6.07, 6.45) is 8.20. The standard InChI is InChI=1S/C6H8O/c1-7-6-4-2-3-5-6/h2-6H,1H3. The summed E-state index contributed by atoms with van der Waals surface area (Å²) in [6.45, 7) is 0. The predicted molar refractivity (Wildman–Crippen MR) is 29.1 cm³/mol. The van der Waals surface area contributed by atoms with Crippen molar-refractivity contribution in [2.45, 2.75) is 6.10 Å². The van der Waals surface area contributed by atoms with Gasteiger partial charge in [0, 0.05) is 7.11 Å². The minimum absolute atomic E-state index is 0.236. The molecule has 0 saturated heterocycles. The van der Waals surface area contributed by atoms with Gasteiger partial charge in [-0.2, -0.15) is 0 Å². The van der Waals surface area contributed by atoms with Crippen molar-refractivity contribution in [3.63, 3.8) is 0 Å². The van der Waals surface area contributed by atoms with E-state index in [-0.39, 0.29) is 6.10 Å². The quantitative estimate of drug-likeness (QED) is 0.475. The van der Waals surface area contributed by atoms with Crippen molar-refractivity contribution in [3.05, 3.63) is 24.3 Å². The van der Waals surface area contributed by atoms with Crippen molar-refractivity contribution >= 4 is 0 Å². The Hall–Kier alpha value is -0.560. The summed E-state index contributed by atoms with van der Waals surface area (Å²) in [5, 5.41) is 0. The molecule has 1 aliphatic rings. The van der Waals surface area contributed by atoms with E-state index in [1.54, 1.807) is 7.11 Å². The maximum atomic E-state index is 4.94. The molecule has 1 aliphatic carbocycles. The Labute approximate surface area is 43.3 Å². The molecule has 0 aliphatic heterocycles. The summed E-state index contributed by atoms with van der Waals surface area (Å²) in [6, 6.07) is 0. The molecule has 1 nitrogen and oxygen atoms in total. The topological polar surface area (TPSA) is 9.23 Å². The van der Waals surface area contributed by atoms with E-state index in [0.29, 0.717) is 0 Å². The average Bonchev–Trinajstić information content (AvgIpc) is 2.14. The van der Waals surface area contributed by atoms with Crippen LogP contribution in [0.25, 0.3) is 0 Å². The monoisotopic (exact) mass is 96.1 g/mol. The summed E-state index contributed by atoms with van der Waals surface area (Å²) in [5.41, 5.74) is 0. The van der Waals surface area contributed by atoms with Gasteiger partial charge in [-0.05, 0) is 0 Å². The fourth-order valence-electron chi connectivity index (χ4n) is 0.569. The molecule has 0 N–H and O–H groups in total. The van der Waals surface area contributed by atoms with Gasteiger partial charge in [-0.15, -0.1) is 0 Å². The van der Waals surface area contributed by atoms with E-state index in [0.717, 1.165) is 0 Å². The minimum atomic E-state index is 0.236. The summed E-state index contributed by atoms with van der Waals surface area (Å²) >= 11 is 0. The summed E-state index contributed by atoms with van der Waals surface area (Å²) in [5.74, 6) is 0. The number of methoxy groups -OCH3 is 1. The molecule has 1 heteroatoms. The predicted octanol–water partition coefficient (Wildman–Crippen LogP) is 1.13. The zero-order chi connectivity index (χ0) is 5.11. The van der Waals surface area contributed by atoms with Gasteiger partial charge < -0.3 is 4.74 Å². The third kappa shape index (κ3) is 0.904. The lowest BCUT2D eigenvalue weighted by Crippen LogP contribution is -1.97. The van der Waals surface area contributed by atoms with Crippen molar-refractivity contribution < 1.29 is 4.74 Å². The van der Waals surface area contributed by atoms with E-state index in [1.165, 1.54) is 0 Å². The molecular formula is C6H8O. The molecule has 0 aromatic heterocycles. The zero-order valence-corrected chi connectivity index (χ0v) is 4.29. The second kappa shape index (κ2) is 1.94. The molecule has 0 bridgehead atoms. The molecule has 0 aromatic carbocycles. The van der Waals surface area contributed by atoms with Crippen molar-refractivity contribution in [1.82, 2.24) is 0 Å². The third-order valence-corrected chi connectivity index (χ3v) is 0.985. The molecule has 38 valence electrons. The van der Waals surface area contributed by atoms with Gasteiger partial charge in [0.15, 0.2) is 0 Å². The van der Waals surface area contributed by atoms with Crippen LogP contribution in [0.2, 0.25) is 0 Å². The second-order valence-electron chi connectivity index (χ2n) is 1.47. The van der Waals surface area contributed by atoms with Crippen LogP contribution in [0.1, 0.15) is 0 Å². The van der Waals surface area contributed by atoms with Crippen LogP contribution in [0.3, 0.4) is 0 Å². The molecule has 0 fully saturated rings. The highest BCUT2D eigenvalue weighted by Crippen LogP contribution is 2.01. The van der Waals surface area contributed by atoms with E-state index in [4.69, 9.17) is 4.74 Å². The summed E-state index contributed by atoms with van der Waals surface area (Å²) in [4.78, 5) is 0. The molecule has 0 amide bonds. The number of rotatable bonds is 1. The first-order chi connectivity index (χ1) is 3.43. The van der Waals surface area contributed by atoms with Crippen molar-refractivity contribution in [2.24, 2.45) is 0 Å². The van der Waals surface area contributed by atoms with E-state index in [2.05, 4.69) is 0 Å². The lowest BCUT2D eigenvalue weighted by molar-refractivity contribution is 0.179. The van der Waals surface area contributed by atoms with Crippen LogP contribution in [0.15, 0.2) is 24.3 Å².